The first-order valence-corrected chi connectivity index (χ1v) is 11.2. The van der Waals surface area contributed by atoms with Gasteiger partial charge in [-0.3, -0.25) is 0 Å². The van der Waals surface area contributed by atoms with E-state index in [2.05, 4.69) is 24.9 Å². The van der Waals surface area contributed by atoms with Crippen molar-refractivity contribution in [2.45, 2.75) is 25.7 Å². The number of fused-ring (bicyclic) bond motifs is 2. The summed E-state index contributed by atoms with van der Waals surface area (Å²) in [6, 6.07) is 12.0. The molecule has 168 valence electrons. The van der Waals surface area contributed by atoms with Gasteiger partial charge in [-0.1, -0.05) is 0 Å². The Hall–Kier alpha value is -3.58. The molecule has 0 saturated carbocycles. The molecule has 0 aliphatic rings. The Bertz CT molecular complexity index is 1320. The predicted molar refractivity (Wildman–Crippen MR) is 129 cm³/mol. The summed E-state index contributed by atoms with van der Waals surface area (Å²) in [7, 11) is 3.35. The van der Waals surface area contributed by atoms with Gasteiger partial charge in [-0.05, 0) is 72.0 Å². The third-order valence-electron chi connectivity index (χ3n) is 5.89. The number of aromatic amines is 2. The molecule has 0 radical (unpaired) electrons. The molecule has 0 aliphatic heterocycles. The molecule has 0 aliphatic carbocycles. The number of nitrogens with one attached hydrogen (secondary N) is 2. The first kappa shape index (κ1) is 21.3. The second kappa shape index (κ2) is 9.11. The number of ether oxygens (including phenoxy) is 2. The predicted octanol–water partition coefficient (Wildman–Crippen LogP) is 5.08. The lowest BCUT2D eigenvalue weighted by Crippen LogP contribution is -2.06. The highest BCUT2D eigenvalue weighted by Crippen LogP contribution is 2.26. The summed E-state index contributed by atoms with van der Waals surface area (Å²) < 4.78 is 10.7. The van der Waals surface area contributed by atoms with Crippen LogP contribution in [0.25, 0.3) is 21.8 Å². The Morgan fingerprint density at radius 1 is 0.697 bits per heavy atom. The van der Waals surface area contributed by atoms with E-state index in [1.807, 2.05) is 48.8 Å². The lowest BCUT2D eigenvalue weighted by Gasteiger charge is -2.05. The zero-order chi connectivity index (χ0) is 22.8. The Labute approximate surface area is 196 Å². The van der Waals surface area contributed by atoms with Crippen LogP contribution in [-0.4, -0.2) is 39.1 Å². The number of halogens is 1. The van der Waals surface area contributed by atoms with Crippen LogP contribution in [0.3, 0.4) is 0 Å². The van der Waals surface area contributed by atoms with Gasteiger partial charge in [0.25, 0.3) is 0 Å². The summed E-state index contributed by atoms with van der Waals surface area (Å²) in [4.78, 5) is 20.0. The average Bonchev–Trinajstić information content (AvgIpc) is 3.43. The summed E-state index contributed by atoms with van der Waals surface area (Å²) in [5.41, 5.74) is 4.54. The molecule has 3 aromatic heterocycles. The fraction of sp³-hybridized carbons (Fsp3) is 0.240. The van der Waals surface area contributed by atoms with E-state index in [9.17, 15) is 0 Å². The van der Waals surface area contributed by atoms with Crippen molar-refractivity contribution in [1.82, 2.24) is 24.9 Å². The minimum absolute atomic E-state index is 0.233. The van der Waals surface area contributed by atoms with Crippen molar-refractivity contribution < 1.29 is 9.47 Å². The average molecular weight is 462 g/mol. The summed E-state index contributed by atoms with van der Waals surface area (Å²) >= 11 is 6.23. The van der Waals surface area contributed by atoms with Gasteiger partial charge in [-0.15, -0.1) is 0 Å². The fourth-order valence-corrected chi connectivity index (χ4v) is 4.33. The topological polar surface area (TPSA) is 88.7 Å². The highest BCUT2D eigenvalue weighted by Gasteiger charge is 2.11. The Balaban J connectivity index is 1.31. The smallest absolute Gasteiger partial charge is 0.225 e. The second-order valence-corrected chi connectivity index (χ2v) is 8.23. The number of H-pyrrole nitrogens is 2. The van der Waals surface area contributed by atoms with Crippen molar-refractivity contribution in [2.24, 2.45) is 0 Å². The molecule has 33 heavy (non-hydrogen) atoms. The zero-order valence-electron chi connectivity index (χ0n) is 18.5. The molecular weight excluding hydrogens is 438 g/mol. The fourth-order valence-electron chi connectivity index (χ4n) is 4.14. The molecule has 3 heterocycles. The van der Waals surface area contributed by atoms with Crippen LogP contribution in [-0.2, 0) is 25.7 Å². The minimum atomic E-state index is 0.233. The maximum Gasteiger partial charge on any atom is 0.225 e. The quantitative estimate of drug-likeness (QED) is 0.336. The molecule has 0 bridgehead atoms. The van der Waals surface area contributed by atoms with Gasteiger partial charge in [0, 0.05) is 47.0 Å². The molecule has 7 nitrogen and oxygen atoms in total. The van der Waals surface area contributed by atoms with E-state index < -0.39 is 0 Å². The molecule has 0 atom stereocenters. The number of benzene rings is 2. The number of aromatic nitrogens is 5. The van der Waals surface area contributed by atoms with Gasteiger partial charge in [-0.25, -0.2) is 15.0 Å². The van der Waals surface area contributed by atoms with Crippen molar-refractivity contribution in [1.29, 1.82) is 0 Å². The van der Waals surface area contributed by atoms with E-state index in [1.54, 1.807) is 14.2 Å². The van der Waals surface area contributed by atoms with Gasteiger partial charge < -0.3 is 19.4 Å². The molecule has 0 saturated heterocycles. The molecule has 0 fully saturated rings. The molecule has 5 rings (SSSR count). The van der Waals surface area contributed by atoms with Crippen LogP contribution in [0.4, 0.5) is 0 Å². The highest BCUT2D eigenvalue weighted by atomic mass is 35.5. The zero-order valence-corrected chi connectivity index (χ0v) is 19.2. The van der Waals surface area contributed by atoms with Crippen LogP contribution >= 0.6 is 11.6 Å². The lowest BCUT2D eigenvalue weighted by atomic mass is 10.1. The highest BCUT2D eigenvalue weighted by molar-refractivity contribution is 6.28. The molecule has 5 aromatic rings. The number of methoxy groups -OCH3 is 2. The maximum absolute atomic E-state index is 6.23. The summed E-state index contributed by atoms with van der Waals surface area (Å²) in [5.74, 6) is 3.07. The van der Waals surface area contributed by atoms with Crippen molar-refractivity contribution in [3.63, 3.8) is 0 Å². The molecule has 0 unspecified atom stereocenters. The molecule has 2 N–H and O–H groups in total. The van der Waals surface area contributed by atoms with Gasteiger partial charge in [0.05, 0.1) is 14.2 Å². The van der Waals surface area contributed by atoms with Gasteiger partial charge in [0.1, 0.15) is 23.1 Å². The van der Waals surface area contributed by atoms with E-state index in [4.69, 9.17) is 21.1 Å². The van der Waals surface area contributed by atoms with Crippen molar-refractivity contribution in [2.75, 3.05) is 14.2 Å². The molecular formula is C25H24ClN5O2. The van der Waals surface area contributed by atoms with Crippen LogP contribution in [0.15, 0.2) is 48.8 Å². The SMILES string of the molecule is COc1ccc2[nH]cc(CCc3nc(Cl)nc(CCc4c[nH]c5ccc(OC)cc45)n3)c2c1. The molecule has 0 amide bonds. The van der Waals surface area contributed by atoms with E-state index in [0.717, 1.165) is 46.1 Å². The van der Waals surface area contributed by atoms with Crippen molar-refractivity contribution in [3.05, 3.63) is 76.9 Å². The van der Waals surface area contributed by atoms with Crippen molar-refractivity contribution in [3.8, 4) is 11.5 Å². The molecule has 8 heteroatoms. The number of hydrogen-bond acceptors (Lipinski definition) is 5. The van der Waals surface area contributed by atoms with Gasteiger partial charge in [0.2, 0.25) is 5.28 Å². The van der Waals surface area contributed by atoms with Crippen molar-refractivity contribution >= 4 is 33.4 Å². The third kappa shape index (κ3) is 4.50. The van der Waals surface area contributed by atoms with Crippen LogP contribution in [0.1, 0.15) is 22.8 Å². The lowest BCUT2D eigenvalue weighted by molar-refractivity contribution is 0.415. The number of aryl methyl sites for hydroxylation is 4. The first-order valence-electron chi connectivity index (χ1n) is 10.8. The van der Waals surface area contributed by atoms with Crippen LogP contribution in [0.2, 0.25) is 5.28 Å². The Kier molecular flexibility index (Phi) is 5.88. The number of nitrogens with zero attached hydrogens (tertiary/aromatic N) is 3. The van der Waals surface area contributed by atoms with Gasteiger partial charge >= 0.3 is 0 Å². The van der Waals surface area contributed by atoms with E-state index in [1.165, 1.54) is 11.1 Å². The van der Waals surface area contributed by atoms with Crippen LogP contribution in [0, 0.1) is 0 Å². The summed E-state index contributed by atoms with van der Waals surface area (Å²) in [6.45, 7) is 0. The number of hydrogen-bond donors (Lipinski definition) is 2. The molecule has 0 spiro atoms. The number of rotatable bonds is 8. The van der Waals surface area contributed by atoms with E-state index >= 15 is 0 Å². The minimum Gasteiger partial charge on any atom is -0.497 e. The monoisotopic (exact) mass is 461 g/mol. The van der Waals surface area contributed by atoms with Crippen LogP contribution in [0.5, 0.6) is 11.5 Å². The summed E-state index contributed by atoms with van der Waals surface area (Å²) in [5, 5.41) is 2.52. The summed E-state index contributed by atoms with van der Waals surface area (Å²) in [6.07, 6.45) is 6.97. The Morgan fingerprint density at radius 3 is 1.64 bits per heavy atom. The van der Waals surface area contributed by atoms with Gasteiger partial charge in [0.15, 0.2) is 0 Å². The molecule has 2 aromatic carbocycles. The van der Waals surface area contributed by atoms with Crippen LogP contribution < -0.4 is 9.47 Å². The largest absolute Gasteiger partial charge is 0.497 e. The van der Waals surface area contributed by atoms with E-state index in [-0.39, 0.29) is 5.28 Å². The van der Waals surface area contributed by atoms with E-state index in [0.29, 0.717) is 24.5 Å². The normalized spacial score (nSPS) is 11.4. The second-order valence-electron chi connectivity index (χ2n) is 7.89. The third-order valence-corrected chi connectivity index (χ3v) is 6.05. The standard InChI is InChI=1S/C25H24ClN5O2/c1-32-17-5-7-21-19(11-17)15(13-27-21)3-9-23-29-24(31-25(26)30-23)10-4-16-14-28-22-8-6-18(33-2)12-20(16)22/h5-8,11-14,27-28H,3-4,9-10H2,1-2H3. The first-order chi connectivity index (χ1) is 16.1. The van der Waals surface area contributed by atoms with Gasteiger partial charge in [-0.2, -0.15) is 0 Å². The maximum atomic E-state index is 6.23. The Morgan fingerprint density at radius 2 is 1.18 bits per heavy atom.